The molecule has 9 heteroatoms. The average Bonchev–Trinajstić information content (AvgIpc) is 3.24. The second-order valence-corrected chi connectivity index (χ2v) is 9.84. The number of benzene rings is 2. The van der Waals surface area contributed by atoms with Gasteiger partial charge in [0, 0.05) is 62.3 Å². The van der Waals surface area contributed by atoms with Gasteiger partial charge in [0.15, 0.2) is 0 Å². The number of aryl methyl sites for hydroxylation is 1. The number of primary amides is 1. The van der Waals surface area contributed by atoms with Crippen LogP contribution < -0.4 is 11.5 Å². The number of hydrogen-bond acceptors (Lipinski definition) is 5. The lowest BCUT2D eigenvalue weighted by molar-refractivity contribution is -0.132. The number of halogens is 1. The molecule has 192 valence electrons. The van der Waals surface area contributed by atoms with Gasteiger partial charge < -0.3 is 25.7 Å². The van der Waals surface area contributed by atoms with E-state index in [0.29, 0.717) is 42.3 Å². The molecular weight excluding hydrogens is 478 g/mol. The number of methoxy groups -OCH3 is 1. The van der Waals surface area contributed by atoms with Crippen LogP contribution in [0.2, 0.25) is 5.02 Å². The Morgan fingerprint density at radius 2 is 2.03 bits per heavy atom. The Balaban J connectivity index is 1.46. The van der Waals surface area contributed by atoms with Gasteiger partial charge in [-0.3, -0.25) is 9.59 Å². The van der Waals surface area contributed by atoms with E-state index in [1.54, 1.807) is 25.3 Å². The number of nitrogens with zero attached hydrogens (tertiary/aromatic N) is 3. The lowest BCUT2D eigenvalue weighted by atomic mass is 9.95. The predicted molar refractivity (Wildman–Crippen MR) is 141 cm³/mol. The topological polar surface area (TPSA) is 116 Å². The summed E-state index contributed by atoms with van der Waals surface area (Å²) in [6.45, 7) is 2.81. The number of likely N-dealkylation sites (tertiary alicyclic amines) is 1. The first-order valence-electron chi connectivity index (χ1n) is 12.4. The van der Waals surface area contributed by atoms with E-state index in [9.17, 15) is 9.59 Å². The molecule has 1 aliphatic heterocycles. The number of nitrogens with two attached hydrogens (primary N) is 2. The van der Waals surface area contributed by atoms with Gasteiger partial charge in [-0.2, -0.15) is 0 Å². The van der Waals surface area contributed by atoms with Crippen LogP contribution in [-0.2, 0) is 22.5 Å². The number of piperidine rings is 1. The quantitative estimate of drug-likeness (QED) is 0.404. The highest BCUT2D eigenvalue weighted by Crippen LogP contribution is 2.30. The van der Waals surface area contributed by atoms with Crippen LogP contribution in [0.4, 0.5) is 0 Å². The first kappa shape index (κ1) is 26.1. The minimum absolute atomic E-state index is 0.00178. The average molecular weight is 512 g/mol. The number of carbonyl (C=O) groups is 2. The maximum absolute atomic E-state index is 13.2. The van der Waals surface area contributed by atoms with Gasteiger partial charge in [0.05, 0.1) is 11.0 Å². The zero-order chi connectivity index (χ0) is 25.7. The number of hydrogen-bond donors (Lipinski definition) is 2. The van der Waals surface area contributed by atoms with Crippen molar-refractivity contribution in [2.75, 3.05) is 26.8 Å². The summed E-state index contributed by atoms with van der Waals surface area (Å²) in [5.74, 6) is 0.621. The molecule has 8 nitrogen and oxygen atoms in total. The summed E-state index contributed by atoms with van der Waals surface area (Å²) >= 11 is 6.31. The van der Waals surface area contributed by atoms with Crippen molar-refractivity contribution < 1.29 is 14.3 Å². The largest absolute Gasteiger partial charge is 0.385 e. The van der Waals surface area contributed by atoms with Gasteiger partial charge in [0.1, 0.15) is 5.82 Å². The summed E-state index contributed by atoms with van der Waals surface area (Å²) in [5, 5.41) is 0.430. The van der Waals surface area contributed by atoms with E-state index in [2.05, 4.69) is 10.6 Å². The van der Waals surface area contributed by atoms with Crippen LogP contribution in [0.3, 0.4) is 0 Å². The van der Waals surface area contributed by atoms with Crippen molar-refractivity contribution in [2.45, 2.75) is 50.6 Å². The molecule has 1 aromatic heterocycles. The number of amides is 2. The summed E-state index contributed by atoms with van der Waals surface area (Å²) in [6.07, 6.45) is 3.24. The SMILES string of the molecule is COCCCn1c([C@@H]2CCCN(C(=O)C[C@@H](N)Cc3c(Cl)cccc3C(N)=O)C2)nc2ccccc21. The molecule has 0 unspecified atom stereocenters. The van der Waals surface area contributed by atoms with Crippen molar-refractivity contribution in [1.29, 1.82) is 0 Å². The summed E-state index contributed by atoms with van der Waals surface area (Å²) in [7, 11) is 1.71. The molecule has 2 atom stereocenters. The highest BCUT2D eigenvalue weighted by Gasteiger charge is 2.29. The molecule has 0 aliphatic carbocycles. The number of fused-ring (bicyclic) bond motifs is 1. The van der Waals surface area contributed by atoms with Gasteiger partial charge in [0.2, 0.25) is 11.8 Å². The molecule has 3 aromatic rings. The third kappa shape index (κ3) is 5.88. The van der Waals surface area contributed by atoms with Crippen LogP contribution in [-0.4, -0.2) is 59.1 Å². The Kier molecular flexibility index (Phi) is 8.61. The van der Waals surface area contributed by atoms with E-state index in [-0.39, 0.29) is 18.2 Å². The summed E-state index contributed by atoms with van der Waals surface area (Å²) in [4.78, 5) is 31.9. The number of carbonyl (C=O) groups excluding carboxylic acids is 2. The van der Waals surface area contributed by atoms with E-state index in [0.717, 1.165) is 42.7 Å². The van der Waals surface area contributed by atoms with Crippen LogP contribution in [0.15, 0.2) is 42.5 Å². The van der Waals surface area contributed by atoms with Gasteiger partial charge >= 0.3 is 0 Å². The van der Waals surface area contributed by atoms with Crippen LogP contribution in [0.25, 0.3) is 11.0 Å². The number of rotatable bonds is 10. The summed E-state index contributed by atoms with van der Waals surface area (Å²) < 4.78 is 7.54. The Morgan fingerprint density at radius 3 is 2.81 bits per heavy atom. The molecule has 1 saturated heterocycles. The molecule has 2 heterocycles. The minimum Gasteiger partial charge on any atom is -0.385 e. The number of imidazole rings is 1. The fourth-order valence-electron chi connectivity index (χ4n) is 5.11. The van der Waals surface area contributed by atoms with Crippen molar-refractivity contribution in [3.63, 3.8) is 0 Å². The first-order chi connectivity index (χ1) is 17.4. The standard InChI is InChI=1S/C27H34ClN5O3/c1-36-14-6-13-33-24-11-3-2-10-23(24)31-27(33)18-7-5-12-32(17-18)25(34)16-19(29)15-21-20(26(30)35)8-4-9-22(21)28/h2-4,8-11,18-19H,5-7,12-17,29H2,1H3,(H2,30,35)/t18-,19+/m1/s1. The molecule has 0 saturated carbocycles. The maximum atomic E-state index is 13.2. The molecule has 2 aromatic carbocycles. The van der Waals surface area contributed by atoms with E-state index in [1.807, 2.05) is 23.1 Å². The second-order valence-electron chi connectivity index (χ2n) is 9.43. The van der Waals surface area contributed by atoms with Crippen molar-refractivity contribution in [1.82, 2.24) is 14.5 Å². The van der Waals surface area contributed by atoms with E-state index in [4.69, 9.17) is 32.8 Å². The Bertz CT molecular complexity index is 1230. The molecular formula is C27H34ClN5O3. The van der Waals surface area contributed by atoms with Crippen molar-refractivity contribution in [3.05, 3.63) is 64.4 Å². The van der Waals surface area contributed by atoms with Gasteiger partial charge in [-0.05, 0) is 55.5 Å². The number of para-hydroxylation sites is 2. The molecule has 4 rings (SSSR count). The van der Waals surface area contributed by atoms with Crippen LogP contribution in [0.5, 0.6) is 0 Å². The zero-order valence-corrected chi connectivity index (χ0v) is 21.4. The fraction of sp³-hybridized carbons (Fsp3) is 0.444. The monoisotopic (exact) mass is 511 g/mol. The third-order valence-corrected chi connectivity index (χ3v) is 7.20. The predicted octanol–water partition coefficient (Wildman–Crippen LogP) is 3.49. The van der Waals surface area contributed by atoms with Crippen LogP contribution in [0.1, 0.15) is 53.3 Å². The van der Waals surface area contributed by atoms with Crippen molar-refractivity contribution in [3.8, 4) is 0 Å². The smallest absolute Gasteiger partial charge is 0.249 e. The molecule has 0 radical (unpaired) electrons. The minimum atomic E-state index is -0.557. The summed E-state index contributed by atoms with van der Waals surface area (Å²) in [6, 6.07) is 12.7. The lowest BCUT2D eigenvalue weighted by Gasteiger charge is -2.33. The van der Waals surface area contributed by atoms with Crippen molar-refractivity contribution in [2.24, 2.45) is 11.5 Å². The van der Waals surface area contributed by atoms with Crippen LogP contribution in [0, 0.1) is 0 Å². The van der Waals surface area contributed by atoms with Gasteiger partial charge in [-0.1, -0.05) is 29.8 Å². The molecule has 2 amide bonds. The highest BCUT2D eigenvalue weighted by molar-refractivity contribution is 6.31. The van der Waals surface area contributed by atoms with Crippen LogP contribution >= 0.6 is 11.6 Å². The first-order valence-corrected chi connectivity index (χ1v) is 12.8. The molecule has 1 aliphatic rings. The Morgan fingerprint density at radius 1 is 1.22 bits per heavy atom. The number of ether oxygens (including phenoxy) is 1. The fourth-order valence-corrected chi connectivity index (χ4v) is 5.36. The van der Waals surface area contributed by atoms with E-state index in [1.165, 1.54) is 0 Å². The van der Waals surface area contributed by atoms with E-state index < -0.39 is 11.9 Å². The van der Waals surface area contributed by atoms with Gasteiger partial charge in [-0.25, -0.2) is 4.98 Å². The maximum Gasteiger partial charge on any atom is 0.249 e. The lowest BCUT2D eigenvalue weighted by Crippen LogP contribution is -2.42. The van der Waals surface area contributed by atoms with E-state index >= 15 is 0 Å². The number of aromatic nitrogens is 2. The van der Waals surface area contributed by atoms with Gasteiger partial charge in [-0.15, -0.1) is 0 Å². The molecule has 1 fully saturated rings. The normalized spacial score (nSPS) is 16.9. The molecule has 36 heavy (non-hydrogen) atoms. The second kappa shape index (κ2) is 11.9. The Labute approximate surface area is 216 Å². The third-order valence-electron chi connectivity index (χ3n) is 6.84. The van der Waals surface area contributed by atoms with Crippen molar-refractivity contribution >= 4 is 34.4 Å². The van der Waals surface area contributed by atoms with Gasteiger partial charge in [0.25, 0.3) is 0 Å². The highest BCUT2D eigenvalue weighted by atomic mass is 35.5. The molecule has 4 N–H and O–H groups in total. The summed E-state index contributed by atoms with van der Waals surface area (Å²) in [5.41, 5.74) is 14.9. The molecule has 0 bridgehead atoms. The molecule has 0 spiro atoms. The Hall–Kier alpha value is -2.94. The zero-order valence-electron chi connectivity index (χ0n) is 20.7.